The summed E-state index contributed by atoms with van der Waals surface area (Å²) < 4.78 is 6.90. The molecule has 0 aliphatic carbocycles. The normalized spacial score (nSPS) is 19.1. The number of aromatic nitrogens is 2. The highest BCUT2D eigenvalue weighted by molar-refractivity contribution is 5.94. The Labute approximate surface area is 106 Å². The van der Waals surface area contributed by atoms with Gasteiger partial charge >= 0.3 is 5.97 Å². The van der Waals surface area contributed by atoms with Gasteiger partial charge in [0.1, 0.15) is 11.4 Å². The maximum atomic E-state index is 11.2. The predicted octanol–water partition coefficient (Wildman–Crippen LogP) is 1.27. The lowest BCUT2D eigenvalue weighted by atomic mass is 10.1. The topological polar surface area (TPSA) is 76.4 Å². The molecule has 0 saturated carbocycles. The second-order valence-electron chi connectivity index (χ2n) is 4.68. The van der Waals surface area contributed by atoms with Gasteiger partial charge in [-0.15, -0.1) is 0 Å². The van der Waals surface area contributed by atoms with Crippen LogP contribution in [0.2, 0.25) is 0 Å². The second-order valence-corrected chi connectivity index (χ2v) is 4.68. The zero-order valence-electron chi connectivity index (χ0n) is 10.8. The number of nitrogens with zero attached hydrogens (tertiary/aromatic N) is 2. The van der Waals surface area contributed by atoms with Gasteiger partial charge in [0.25, 0.3) is 0 Å². The minimum atomic E-state index is -0.938. The van der Waals surface area contributed by atoms with Crippen LogP contribution in [0, 0.1) is 12.8 Å². The molecule has 1 atom stereocenters. The van der Waals surface area contributed by atoms with Gasteiger partial charge in [0.05, 0.1) is 5.69 Å². The van der Waals surface area contributed by atoms with E-state index >= 15 is 0 Å². The Morgan fingerprint density at radius 2 is 2.44 bits per heavy atom. The zero-order valence-corrected chi connectivity index (χ0v) is 10.8. The summed E-state index contributed by atoms with van der Waals surface area (Å²) >= 11 is 0. The van der Waals surface area contributed by atoms with E-state index in [9.17, 15) is 4.79 Å². The third-order valence-electron chi connectivity index (χ3n) is 3.31. The van der Waals surface area contributed by atoms with Gasteiger partial charge in [-0.3, -0.25) is 4.68 Å². The number of carboxylic acids is 1. The van der Waals surface area contributed by atoms with Gasteiger partial charge in [-0.1, -0.05) is 0 Å². The first-order valence-electron chi connectivity index (χ1n) is 6.18. The molecule has 0 aromatic carbocycles. The number of hydrogen-bond acceptors (Lipinski definition) is 4. The number of aryl methyl sites for hydroxylation is 2. The lowest BCUT2D eigenvalue weighted by Crippen LogP contribution is -2.13. The number of hydrogen-bond donors (Lipinski definition) is 2. The SMILES string of the molecule is Cc1nn(C)c(NCCC2CCOC2)c1C(=O)O. The fourth-order valence-corrected chi connectivity index (χ4v) is 2.32. The molecule has 1 aliphatic heterocycles. The molecule has 0 spiro atoms. The first-order chi connectivity index (χ1) is 8.59. The van der Waals surface area contributed by atoms with Crippen molar-refractivity contribution in [2.45, 2.75) is 19.8 Å². The molecule has 1 fully saturated rings. The first-order valence-corrected chi connectivity index (χ1v) is 6.18. The van der Waals surface area contributed by atoms with E-state index in [4.69, 9.17) is 9.84 Å². The summed E-state index contributed by atoms with van der Waals surface area (Å²) in [6, 6.07) is 0. The van der Waals surface area contributed by atoms with Crippen LogP contribution in [0.1, 0.15) is 28.9 Å². The summed E-state index contributed by atoms with van der Waals surface area (Å²) in [6.45, 7) is 4.11. The van der Waals surface area contributed by atoms with Gasteiger partial charge < -0.3 is 15.2 Å². The van der Waals surface area contributed by atoms with Gasteiger partial charge in [-0.05, 0) is 25.7 Å². The molecule has 1 aromatic heterocycles. The lowest BCUT2D eigenvalue weighted by Gasteiger charge is -2.10. The average molecular weight is 253 g/mol. The maximum Gasteiger partial charge on any atom is 0.341 e. The number of carboxylic acid groups (broad SMARTS) is 1. The fraction of sp³-hybridized carbons (Fsp3) is 0.667. The molecular weight excluding hydrogens is 234 g/mol. The Hall–Kier alpha value is -1.56. The molecule has 2 heterocycles. The Bertz CT molecular complexity index is 436. The molecule has 6 heteroatoms. The first kappa shape index (κ1) is 12.9. The van der Waals surface area contributed by atoms with Crippen LogP contribution in [-0.2, 0) is 11.8 Å². The van der Waals surface area contributed by atoms with Crippen molar-refractivity contribution in [1.82, 2.24) is 9.78 Å². The molecule has 100 valence electrons. The van der Waals surface area contributed by atoms with Crippen LogP contribution in [0.4, 0.5) is 5.82 Å². The molecule has 1 aromatic rings. The van der Waals surface area contributed by atoms with Crippen LogP contribution >= 0.6 is 0 Å². The Kier molecular flexibility index (Phi) is 3.86. The van der Waals surface area contributed by atoms with Crippen molar-refractivity contribution >= 4 is 11.8 Å². The van der Waals surface area contributed by atoms with Crippen LogP contribution in [0.15, 0.2) is 0 Å². The van der Waals surface area contributed by atoms with Gasteiger partial charge in [0.2, 0.25) is 0 Å². The van der Waals surface area contributed by atoms with Gasteiger partial charge in [0, 0.05) is 26.8 Å². The molecule has 0 bridgehead atoms. The van der Waals surface area contributed by atoms with E-state index in [0.29, 0.717) is 17.4 Å². The van der Waals surface area contributed by atoms with Crippen LogP contribution in [0.5, 0.6) is 0 Å². The standard InChI is InChI=1S/C12H19N3O3/c1-8-10(12(16)17)11(15(2)14-8)13-5-3-9-4-6-18-7-9/h9,13H,3-7H2,1-2H3,(H,16,17). The van der Waals surface area contributed by atoms with E-state index in [1.54, 1.807) is 18.7 Å². The lowest BCUT2D eigenvalue weighted by molar-refractivity contribution is 0.0697. The second kappa shape index (κ2) is 5.39. The quantitative estimate of drug-likeness (QED) is 0.826. The van der Waals surface area contributed by atoms with Gasteiger partial charge in [-0.25, -0.2) is 4.79 Å². The molecule has 2 rings (SSSR count). The molecule has 1 saturated heterocycles. The average Bonchev–Trinajstić information content (AvgIpc) is 2.87. The number of ether oxygens (including phenoxy) is 1. The number of anilines is 1. The molecule has 1 aliphatic rings. The van der Waals surface area contributed by atoms with Crippen molar-refractivity contribution in [3.8, 4) is 0 Å². The van der Waals surface area contributed by atoms with E-state index in [2.05, 4.69) is 10.4 Å². The Morgan fingerprint density at radius 3 is 3.06 bits per heavy atom. The van der Waals surface area contributed by atoms with Crippen LogP contribution < -0.4 is 5.32 Å². The third kappa shape index (κ3) is 2.64. The van der Waals surface area contributed by atoms with Crippen LogP contribution in [-0.4, -0.2) is 40.6 Å². The van der Waals surface area contributed by atoms with Crippen LogP contribution in [0.3, 0.4) is 0 Å². The molecule has 0 amide bonds. The van der Waals surface area contributed by atoms with E-state index in [0.717, 1.165) is 32.6 Å². The Morgan fingerprint density at radius 1 is 1.67 bits per heavy atom. The van der Waals surface area contributed by atoms with Crippen molar-refractivity contribution in [1.29, 1.82) is 0 Å². The monoisotopic (exact) mass is 253 g/mol. The summed E-state index contributed by atoms with van der Waals surface area (Å²) in [5, 5.41) is 16.5. The molecule has 1 unspecified atom stereocenters. The largest absolute Gasteiger partial charge is 0.477 e. The van der Waals surface area contributed by atoms with Crippen molar-refractivity contribution in [2.24, 2.45) is 13.0 Å². The highest BCUT2D eigenvalue weighted by Crippen LogP contribution is 2.20. The zero-order chi connectivity index (χ0) is 13.1. The highest BCUT2D eigenvalue weighted by atomic mass is 16.5. The summed E-state index contributed by atoms with van der Waals surface area (Å²) in [4.78, 5) is 11.2. The summed E-state index contributed by atoms with van der Waals surface area (Å²) in [6.07, 6.45) is 2.08. The van der Waals surface area contributed by atoms with E-state index < -0.39 is 5.97 Å². The van der Waals surface area contributed by atoms with Crippen molar-refractivity contribution in [3.63, 3.8) is 0 Å². The number of aromatic carboxylic acids is 1. The predicted molar refractivity (Wildman–Crippen MR) is 66.9 cm³/mol. The minimum absolute atomic E-state index is 0.264. The Balaban J connectivity index is 1.97. The van der Waals surface area contributed by atoms with Crippen molar-refractivity contribution < 1.29 is 14.6 Å². The smallest absolute Gasteiger partial charge is 0.341 e. The summed E-state index contributed by atoms with van der Waals surface area (Å²) in [5.74, 6) is 0.228. The minimum Gasteiger partial charge on any atom is -0.477 e. The summed E-state index contributed by atoms with van der Waals surface area (Å²) in [5.41, 5.74) is 0.803. The van der Waals surface area contributed by atoms with Gasteiger partial charge in [-0.2, -0.15) is 5.10 Å². The fourth-order valence-electron chi connectivity index (χ4n) is 2.32. The van der Waals surface area contributed by atoms with Gasteiger partial charge in [0.15, 0.2) is 0 Å². The molecule has 0 radical (unpaired) electrons. The molecule has 2 N–H and O–H groups in total. The highest BCUT2D eigenvalue weighted by Gasteiger charge is 2.20. The number of rotatable bonds is 5. The van der Waals surface area contributed by atoms with Crippen molar-refractivity contribution in [3.05, 3.63) is 11.3 Å². The number of nitrogens with one attached hydrogen (secondary N) is 1. The molecule has 18 heavy (non-hydrogen) atoms. The molecule has 6 nitrogen and oxygen atoms in total. The van der Waals surface area contributed by atoms with Crippen molar-refractivity contribution in [2.75, 3.05) is 25.1 Å². The van der Waals surface area contributed by atoms with E-state index in [1.165, 1.54) is 0 Å². The third-order valence-corrected chi connectivity index (χ3v) is 3.31. The number of carbonyl (C=O) groups is 1. The van der Waals surface area contributed by atoms with E-state index in [-0.39, 0.29) is 5.56 Å². The van der Waals surface area contributed by atoms with Crippen LogP contribution in [0.25, 0.3) is 0 Å². The van der Waals surface area contributed by atoms with E-state index in [1.807, 2.05) is 0 Å². The maximum absolute atomic E-state index is 11.2. The molecular formula is C12H19N3O3. The summed E-state index contributed by atoms with van der Waals surface area (Å²) in [7, 11) is 1.75.